The molecule has 0 saturated carbocycles. The van der Waals surface area contributed by atoms with Gasteiger partial charge in [-0.3, -0.25) is 0 Å². The normalized spacial score (nSPS) is 23.4. The van der Waals surface area contributed by atoms with E-state index >= 15 is 0 Å². The zero-order chi connectivity index (χ0) is 8.41. The van der Waals surface area contributed by atoms with Crippen LogP contribution in [0.3, 0.4) is 0 Å². The van der Waals surface area contributed by atoms with Crippen LogP contribution >= 0.6 is 25.3 Å². The first-order chi connectivity index (χ1) is 4.21. The highest BCUT2D eigenvalue weighted by atomic mass is 32.1. The Morgan fingerprint density at radius 3 is 1.30 bits per heavy atom. The van der Waals surface area contributed by atoms with Gasteiger partial charge in [0.25, 0.3) is 0 Å². The van der Waals surface area contributed by atoms with Crippen molar-refractivity contribution < 1.29 is 10.2 Å². The third kappa shape index (κ3) is 8.62. The molecule has 0 aromatic carbocycles. The molecule has 0 aromatic rings. The minimum Gasteiger partial charge on any atom is -0.380 e. The molecular formula is C6H14O2S2. The fourth-order valence-corrected chi connectivity index (χ4v) is 0.697. The van der Waals surface area contributed by atoms with E-state index in [1.807, 2.05) is 0 Å². The minimum atomic E-state index is -1.01. The summed E-state index contributed by atoms with van der Waals surface area (Å²) in [6.07, 6.45) is 0.846. The van der Waals surface area contributed by atoms with Crippen LogP contribution in [-0.2, 0) is 0 Å². The van der Waals surface area contributed by atoms with Gasteiger partial charge in [-0.25, -0.2) is 0 Å². The molecule has 0 aliphatic heterocycles. The van der Waals surface area contributed by atoms with Crippen LogP contribution in [0.5, 0.6) is 0 Å². The van der Waals surface area contributed by atoms with E-state index in [0.717, 1.165) is 0 Å². The lowest BCUT2D eigenvalue weighted by molar-refractivity contribution is 0.0970. The molecule has 2 N–H and O–H groups in total. The van der Waals surface area contributed by atoms with Crippen molar-refractivity contribution in [2.75, 3.05) is 0 Å². The van der Waals surface area contributed by atoms with Crippen molar-refractivity contribution in [2.24, 2.45) is 0 Å². The van der Waals surface area contributed by atoms with Crippen LogP contribution in [-0.4, -0.2) is 20.1 Å². The topological polar surface area (TPSA) is 40.5 Å². The molecule has 0 amide bonds. The quantitative estimate of drug-likeness (QED) is 0.389. The smallest absolute Gasteiger partial charge is 0.105 e. The third-order valence-electron chi connectivity index (χ3n) is 1.07. The summed E-state index contributed by atoms with van der Waals surface area (Å²) in [6.45, 7) is 3.16. The molecule has 0 aliphatic carbocycles. The van der Waals surface area contributed by atoms with E-state index in [9.17, 15) is 0 Å². The van der Waals surface area contributed by atoms with E-state index in [2.05, 4.69) is 25.3 Å². The average Bonchev–Trinajstić information content (AvgIpc) is 1.57. The van der Waals surface area contributed by atoms with Gasteiger partial charge >= 0.3 is 0 Å². The highest BCUT2D eigenvalue weighted by molar-refractivity contribution is 7.81. The summed E-state index contributed by atoms with van der Waals surface area (Å²) in [7, 11) is 0. The molecule has 0 spiro atoms. The molecule has 62 valence electrons. The van der Waals surface area contributed by atoms with Crippen LogP contribution in [0.2, 0.25) is 0 Å². The fraction of sp³-hybridized carbons (Fsp3) is 1.00. The van der Waals surface area contributed by atoms with E-state index in [1.165, 1.54) is 0 Å². The van der Waals surface area contributed by atoms with Gasteiger partial charge in [-0.1, -0.05) is 0 Å². The van der Waals surface area contributed by atoms with E-state index < -0.39 is 9.87 Å². The average molecular weight is 182 g/mol. The predicted molar refractivity (Wildman–Crippen MR) is 48.5 cm³/mol. The molecular weight excluding hydrogens is 168 g/mol. The van der Waals surface area contributed by atoms with Gasteiger partial charge in [-0.05, 0) is 26.7 Å². The number of hydrogen-bond donors (Lipinski definition) is 4. The highest BCUT2D eigenvalue weighted by Gasteiger charge is 2.20. The molecule has 2 nitrogen and oxygen atoms in total. The molecule has 0 saturated heterocycles. The maximum absolute atomic E-state index is 9.10. The fourth-order valence-electron chi connectivity index (χ4n) is 0.474. The van der Waals surface area contributed by atoms with E-state index in [-0.39, 0.29) is 0 Å². The second-order valence-electron chi connectivity index (χ2n) is 2.93. The van der Waals surface area contributed by atoms with Gasteiger partial charge in [0.15, 0.2) is 0 Å². The summed E-state index contributed by atoms with van der Waals surface area (Å²) in [6, 6.07) is 0. The van der Waals surface area contributed by atoms with Crippen LogP contribution in [0, 0.1) is 0 Å². The first kappa shape index (κ1) is 10.6. The van der Waals surface area contributed by atoms with Crippen LogP contribution in [0.15, 0.2) is 0 Å². The van der Waals surface area contributed by atoms with Gasteiger partial charge in [0, 0.05) is 0 Å². The zero-order valence-electron chi connectivity index (χ0n) is 6.20. The summed E-state index contributed by atoms with van der Waals surface area (Å²) in [5.74, 6) is 0. The van der Waals surface area contributed by atoms with Crippen molar-refractivity contribution in [2.45, 2.75) is 36.6 Å². The van der Waals surface area contributed by atoms with Gasteiger partial charge in [-0.2, -0.15) is 0 Å². The van der Waals surface area contributed by atoms with Crippen molar-refractivity contribution in [3.63, 3.8) is 0 Å². The van der Waals surface area contributed by atoms with Gasteiger partial charge in [0.05, 0.1) is 0 Å². The zero-order valence-corrected chi connectivity index (χ0v) is 7.99. The number of thiol groups is 2. The third-order valence-corrected chi connectivity index (χ3v) is 1.52. The summed E-state index contributed by atoms with van der Waals surface area (Å²) in [5.41, 5.74) is 0. The van der Waals surface area contributed by atoms with Crippen LogP contribution < -0.4 is 0 Å². The first-order valence-corrected chi connectivity index (χ1v) is 4.00. The van der Waals surface area contributed by atoms with Gasteiger partial charge in [0.1, 0.15) is 9.87 Å². The number of rotatable bonds is 3. The standard InChI is InChI=1S/C6H14O2S2/c1-5(7,9)3-4-6(2,8)10/h7-10H,3-4H2,1-2H3. The highest BCUT2D eigenvalue weighted by Crippen LogP contribution is 2.23. The van der Waals surface area contributed by atoms with Crippen molar-refractivity contribution in [3.05, 3.63) is 0 Å². The molecule has 2 unspecified atom stereocenters. The molecule has 0 aromatic heterocycles. The first-order valence-electron chi connectivity index (χ1n) is 3.10. The molecule has 4 heteroatoms. The SMILES string of the molecule is CC(O)(S)CCC(C)(O)S. The molecule has 0 aliphatic rings. The van der Waals surface area contributed by atoms with Crippen LogP contribution in [0.1, 0.15) is 26.7 Å². The Balaban J connectivity index is 3.56. The summed E-state index contributed by atoms with van der Waals surface area (Å²) in [5, 5.41) is 18.2. The number of aliphatic hydroxyl groups is 2. The lowest BCUT2D eigenvalue weighted by Crippen LogP contribution is -2.22. The van der Waals surface area contributed by atoms with Gasteiger partial charge < -0.3 is 10.2 Å². The summed E-state index contributed by atoms with van der Waals surface area (Å²) < 4.78 is 0. The van der Waals surface area contributed by atoms with Crippen molar-refractivity contribution in [1.29, 1.82) is 0 Å². The Morgan fingerprint density at radius 1 is 1.00 bits per heavy atom. The molecule has 0 bridgehead atoms. The Hall–Kier alpha value is 0.620. The second kappa shape index (κ2) is 3.34. The lowest BCUT2D eigenvalue weighted by Gasteiger charge is -2.21. The minimum absolute atomic E-state index is 0.423. The largest absolute Gasteiger partial charge is 0.380 e. The Kier molecular flexibility index (Phi) is 3.55. The summed E-state index contributed by atoms with van der Waals surface area (Å²) >= 11 is 7.75. The van der Waals surface area contributed by atoms with Crippen LogP contribution in [0.4, 0.5) is 0 Å². The van der Waals surface area contributed by atoms with Gasteiger partial charge in [0.2, 0.25) is 0 Å². The van der Waals surface area contributed by atoms with E-state index in [4.69, 9.17) is 10.2 Å². The van der Waals surface area contributed by atoms with Crippen molar-refractivity contribution in [1.82, 2.24) is 0 Å². The molecule has 0 heterocycles. The summed E-state index contributed by atoms with van der Waals surface area (Å²) in [4.78, 5) is -2.01. The number of hydrogen-bond acceptors (Lipinski definition) is 4. The maximum Gasteiger partial charge on any atom is 0.105 e. The Labute approximate surface area is 72.5 Å². The lowest BCUT2D eigenvalue weighted by atomic mass is 10.1. The molecule has 2 atom stereocenters. The molecule has 0 radical (unpaired) electrons. The predicted octanol–water partition coefficient (Wildman–Crippen LogP) is 1.04. The molecule has 0 fully saturated rings. The second-order valence-corrected chi connectivity index (χ2v) is 4.86. The van der Waals surface area contributed by atoms with Crippen LogP contribution in [0.25, 0.3) is 0 Å². The van der Waals surface area contributed by atoms with Gasteiger partial charge in [-0.15, -0.1) is 25.3 Å². The maximum atomic E-state index is 9.10. The Morgan fingerprint density at radius 2 is 1.20 bits per heavy atom. The van der Waals surface area contributed by atoms with Crippen molar-refractivity contribution >= 4 is 25.3 Å². The molecule has 10 heavy (non-hydrogen) atoms. The van der Waals surface area contributed by atoms with E-state index in [0.29, 0.717) is 12.8 Å². The Bertz CT molecular complexity index is 87.3. The van der Waals surface area contributed by atoms with Crippen molar-refractivity contribution in [3.8, 4) is 0 Å². The monoisotopic (exact) mass is 182 g/mol. The molecule has 0 rings (SSSR count). The van der Waals surface area contributed by atoms with E-state index in [1.54, 1.807) is 13.8 Å².